The fraction of sp³-hybridized carbons (Fsp3) is 1.00. The van der Waals surface area contributed by atoms with E-state index in [1.54, 1.807) is 0 Å². The van der Waals surface area contributed by atoms with E-state index in [1.807, 2.05) is 0 Å². The number of hydrogen-bond donors (Lipinski definition) is 1. The maximum Gasteiger partial charge on any atom is 0.366 e. The summed E-state index contributed by atoms with van der Waals surface area (Å²) < 4.78 is 39.0. The predicted molar refractivity (Wildman–Crippen MR) is 27.8 cm³/mol. The first-order valence-electron chi connectivity index (χ1n) is 1.90. The highest BCUT2D eigenvalue weighted by atomic mass is 32.2. The van der Waals surface area contributed by atoms with Gasteiger partial charge >= 0.3 is 17.9 Å². The summed E-state index contributed by atoms with van der Waals surface area (Å²) >= 11 is 0. The van der Waals surface area contributed by atoms with E-state index < -0.39 is 17.9 Å². The van der Waals surface area contributed by atoms with Crippen molar-refractivity contribution in [3.8, 4) is 0 Å². The molecular weight excluding hydrogens is 169 g/mol. The predicted octanol–water partition coefficient (Wildman–Crippen LogP) is -0.395. The van der Waals surface area contributed by atoms with E-state index in [0.717, 1.165) is 6.66 Å². The van der Waals surface area contributed by atoms with Gasteiger partial charge in [-0.2, -0.15) is 12.4 Å². The molecule has 0 spiro atoms. The van der Waals surface area contributed by atoms with Crippen molar-refractivity contribution in [3.63, 3.8) is 0 Å². The Balaban J connectivity index is 2.94. The fourth-order valence-corrected chi connectivity index (χ4v) is 2.90. The Morgan fingerprint density at radius 2 is 2.11 bits per heavy atom. The van der Waals surface area contributed by atoms with E-state index in [2.05, 4.69) is 8.59 Å². The topological polar surface area (TPSA) is 81.7 Å². The van der Waals surface area contributed by atoms with Crippen LogP contribution in [0.15, 0.2) is 0 Å². The van der Waals surface area contributed by atoms with Crippen molar-refractivity contribution in [1.82, 2.24) is 4.89 Å². The molecule has 0 bridgehead atoms. The van der Waals surface area contributed by atoms with Crippen LogP contribution in [0.2, 0.25) is 0 Å². The normalized spacial score (nSPS) is 41.0. The third-order valence-corrected chi connectivity index (χ3v) is 3.24. The molecule has 1 saturated heterocycles. The summed E-state index contributed by atoms with van der Waals surface area (Å²) in [4.78, 5) is 1.47. The van der Waals surface area contributed by atoms with Crippen LogP contribution < -0.4 is 4.89 Å². The van der Waals surface area contributed by atoms with Crippen LogP contribution in [0.1, 0.15) is 0 Å². The molecule has 1 aliphatic heterocycles. The highest BCUT2D eigenvalue weighted by Gasteiger charge is 2.35. The standard InChI is InChI=1S/CH4NO5PS/c1-8(3)6-2-9(4,5)7-8/h2H,1H3. The van der Waals surface area contributed by atoms with E-state index in [1.165, 1.54) is 4.89 Å². The molecule has 0 aromatic carbocycles. The zero-order valence-electron chi connectivity index (χ0n) is 4.40. The van der Waals surface area contributed by atoms with Gasteiger partial charge in [0.1, 0.15) is 0 Å². The second kappa shape index (κ2) is 1.77. The van der Waals surface area contributed by atoms with Gasteiger partial charge in [0.05, 0.1) is 0 Å². The van der Waals surface area contributed by atoms with Crippen LogP contribution in [0.3, 0.4) is 0 Å². The Labute approximate surface area is 51.9 Å². The lowest BCUT2D eigenvalue weighted by Gasteiger charge is -1.91. The highest BCUT2D eigenvalue weighted by Crippen LogP contribution is 2.48. The Morgan fingerprint density at radius 1 is 1.56 bits per heavy atom. The summed E-state index contributed by atoms with van der Waals surface area (Å²) in [5, 5.41) is 0. The molecule has 1 fully saturated rings. The van der Waals surface area contributed by atoms with Crippen molar-refractivity contribution in [3.05, 3.63) is 0 Å². The third-order valence-electron chi connectivity index (χ3n) is 0.539. The minimum atomic E-state index is -3.89. The van der Waals surface area contributed by atoms with E-state index in [-0.39, 0.29) is 0 Å². The van der Waals surface area contributed by atoms with Crippen LogP contribution in [-0.4, -0.2) is 15.1 Å². The molecule has 0 aliphatic carbocycles. The van der Waals surface area contributed by atoms with Gasteiger partial charge in [0.25, 0.3) is 0 Å². The molecule has 1 atom stereocenters. The number of rotatable bonds is 0. The van der Waals surface area contributed by atoms with Gasteiger partial charge in [0.2, 0.25) is 0 Å². The summed E-state index contributed by atoms with van der Waals surface area (Å²) in [6.45, 7) is 1.05. The molecule has 0 aromatic rings. The molecule has 1 N–H and O–H groups in total. The Kier molecular flexibility index (Phi) is 1.41. The van der Waals surface area contributed by atoms with E-state index in [0.29, 0.717) is 0 Å². The number of nitrogens with one attached hydrogen (secondary N) is 1. The molecule has 0 saturated carbocycles. The molecule has 1 heterocycles. The summed E-state index contributed by atoms with van der Waals surface area (Å²) in [5.41, 5.74) is 0. The van der Waals surface area contributed by atoms with Gasteiger partial charge in [-0.05, 0) is 0 Å². The van der Waals surface area contributed by atoms with E-state index in [4.69, 9.17) is 0 Å². The lowest BCUT2D eigenvalue weighted by molar-refractivity contribution is 0.279. The van der Waals surface area contributed by atoms with Crippen LogP contribution in [0.4, 0.5) is 0 Å². The lowest BCUT2D eigenvalue weighted by atomic mass is 12.0. The molecule has 0 amide bonds. The van der Waals surface area contributed by atoms with Gasteiger partial charge in [-0.15, -0.1) is 0 Å². The maximum atomic E-state index is 10.5. The maximum absolute atomic E-state index is 10.5. The van der Waals surface area contributed by atoms with Crippen molar-refractivity contribution < 1.29 is 21.6 Å². The minimum Gasteiger partial charge on any atom is -0.258 e. The zero-order chi connectivity index (χ0) is 7.12. The van der Waals surface area contributed by atoms with Crippen molar-refractivity contribution in [2.75, 3.05) is 6.66 Å². The Hall–Kier alpha value is 0.0600. The summed E-state index contributed by atoms with van der Waals surface area (Å²) in [5.74, 6) is 0. The molecule has 0 radical (unpaired) electrons. The SMILES string of the molecule is CP1(=O)ONS(=O)(=O)O1. The van der Waals surface area contributed by atoms with Gasteiger partial charge in [0.15, 0.2) is 0 Å². The van der Waals surface area contributed by atoms with Gasteiger partial charge in [-0.3, -0.25) is 4.57 Å². The summed E-state index contributed by atoms with van der Waals surface area (Å²) in [6.07, 6.45) is 0. The Bertz CT molecular complexity index is 254. The monoisotopic (exact) mass is 173 g/mol. The highest BCUT2D eigenvalue weighted by molar-refractivity contribution is 7.90. The number of hydrogen-bond acceptors (Lipinski definition) is 5. The van der Waals surface area contributed by atoms with Crippen LogP contribution in [0.25, 0.3) is 0 Å². The molecule has 9 heavy (non-hydrogen) atoms. The second-order valence-electron chi connectivity index (χ2n) is 1.47. The second-order valence-corrected chi connectivity index (χ2v) is 4.87. The lowest BCUT2D eigenvalue weighted by Crippen LogP contribution is -2.12. The van der Waals surface area contributed by atoms with Crippen LogP contribution in [0, 0.1) is 0 Å². The van der Waals surface area contributed by atoms with Crippen LogP contribution in [0.5, 0.6) is 0 Å². The first kappa shape index (κ1) is 7.17. The van der Waals surface area contributed by atoms with Crippen molar-refractivity contribution in [2.24, 2.45) is 0 Å². The molecule has 1 rings (SSSR count). The molecule has 6 nitrogen and oxygen atoms in total. The fourth-order valence-electron chi connectivity index (χ4n) is 0.322. The third kappa shape index (κ3) is 1.74. The largest absolute Gasteiger partial charge is 0.366 e. The molecule has 1 unspecified atom stereocenters. The van der Waals surface area contributed by atoms with Crippen molar-refractivity contribution >= 4 is 17.9 Å². The molecule has 0 aromatic heterocycles. The van der Waals surface area contributed by atoms with Gasteiger partial charge in [-0.25, -0.2) is 4.62 Å². The minimum absolute atomic E-state index is 1.05. The smallest absolute Gasteiger partial charge is 0.258 e. The van der Waals surface area contributed by atoms with Crippen molar-refractivity contribution in [2.45, 2.75) is 0 Å². The molecule has 8 heteroatoms. The first-order chi connectivity index (χ1) is 3.91. The van der Waals surface area contributed by atoms with Gasteiger partial charge in [-0.1, -0.05) is 4.89 Å². The zero-order valence-corrected chi connectivity index (χ0v) is 6.11. The average molecular weight is 173 g/mol. The van der Waals surface area contributed by atoms with Gasteiger partial charge in [0, 0.05) is 6.66 Å². The average Bonchev–Trinajstić information content (AvgIpc) is 1.78. The molecular formula is CH4NO5PS. The van der Waals surface area contributed by atoms with Crippen LogP contribution in [-0.2, 0) is 23.5 Å². The van der Waals surface area contributed by atoms with Crippen LogP contribution >= 0.6 is 7.60 Å². The summed E-state index contributed by atoms with van der Waals surface area (Å²) in [6, 6.07) is 0. The van der Waals surface area contributed by atoms with E-state index >= 15 is 0 Å². The molecule has 1 aliphatic rings. The van der Waals surface area contributed by atoms with Gasteiger partial charge < -0.3 is 0 Å². The summed E-state index contributed by atoms with van der Waals surface area (Å²) in [7, 11) is -7.25. The molecule has 54 valence electrons. The Morgan fingerprint density at radius 3 is 2.22 bits per heavy atom. The van der Waals surface area contributed by atoms with E-state index in [9.17, 15) is 13.0 Å². The quantitative estimate of drug-likeness (QED) is 0.504. The first-order valence-corrected chi connectivity index (χ1v) is 5.30. The van der Waals surface area contributed by atoms with Crippen molar-refractivity contribution in [1.29, 1.82) is 0 Å².